The highest BCUT2D eigenvalue weighted by Gasteiger charge is 2.33. The summed E-state index contributed by atoms with van der Waals surface area (Å²) < 4.78 is 40.7. The van der Waals surface area contributed by atoms with Crippen LogP contribution in [0, 0.1) is 17.5 Å². The molecule has 1 unspecified atom stereocenters. The SMILES string of the molecule is CN(C)c1ncc(CN2CC(c3cc(F)cc(F)c3F)CC2=O)s1. The van der Waals surface area contributed by atoms with Crippen LogP contribution in [0.15, 0.2) is 18.3 Å². The van der Waals surface area contributed by atoms with Crippen molar-refractivity contribution in [3.05, 3.63) is 46.2 Å². The van der Waals surface area contributed by atoms with Crippen molar-refractivity contribution in [2.75, 3.05) is 25.5 Å². The van der Waals surface area contributed by atoms with E-state index >= 15 is 0 Å². The summed E-state index contributed by atoms with van der Waals surface area (Å²) in [5, 5.41) is 0.825. The Morgan fingerprint density at radius 1 is 1.33 bits per heavy atom. The monoisotopic (exact) mass is 355 g/mol. The molecule has 1 amide bonds. The third-order valence-corrected chi connectivity index (χ3v) is 5.10. The van der Waals surface area contributed by atoms with E-state index in [1.54, 1.807) is 11.1 Å². The van der Waals surface area contributed by atoms with Crippen molar-refractivity contribution in [3.8, 4) is 0 Å². The Labute approximate surface area is 141 Å². The molecule has 0 aliphatic carbocycles. The van der Waals surface area contributed by atoms with Gasteiger partial charge in [0.15, 0.2) is 16.8 Å². The van der Waals surface area contributed by atoms with Crippen LogP contribution in [0.25, 0.3) is 0 Å². The van der Waals surface area contributed by atoms with E-state index in [0.29, 0.717) is 12.6 Å². The van der Waals surface area contributed by atoms with Gasteiger partial charge >= 0.3 is 0 Å². The molecule has 2 aromatic rings. The third-order valence-electron chi connectivity index (χ3n) is 3.95. The Bertz CT molecular complexity index is 778. The first-order chi connectivity index (χ1) is 11.3. The summed E-state index contributed by atoms with van der Waals surface area (Å²) in [5.41, 5.74) is -0.0818. The van der Waals surface area contributed by atoms with Crippen LogP contribution in [0.3, 0.4) is 0 Å². The minimum absolute atomic E-state index is 0.0408. The summed E-state index contributed by atoms with van der Waals surface area (Å²) in [6.07, 6.45) is 1.74. The van der Waals surface area contributed by atoms with E-state index in [1.807, 2.05) is 19.0 Å². The van der Waals surface area contributed by atoms with Crippen molar-refractivity contribution in [1.82, 2.24) is 9.88 Å². The molecule has 1 aliphatic heterocycles. The number of hydrogen-bond acceptors (Lipinski definition) is 4. The highest BCUT2D eigenvalue weighted by molar-refractivity contribution is 7.15. The molecule has 1 aliphatic rings. The van der Waals surface area contributed by atoms with Gasteiger partial charge in [-0.15, -0.1) is 11.3 Å². The fourth-order valence-corrected chi connectivity index (χ4v) is 3.62. The normalized spacial score (nSPS) is 17.6. The summed E-state index contributed by atoms with van der Waals surface area (Å²) in [4.78, 5) is 20.8. The van der Waals surface area contributed by atoms with E-state index in [9.17, 15) is 18.0 Å². The number of likely N-dealkylation sites (tertiary alicyclic amines) is 1. The minimum Gasteiger partial charge on any atom is -0.354 e. The van der Waals surface area contributed by atoms with Gasteiger partial charge in [-0.2, -0.15) is 0 Å². The number of halogens is 3. The maximum Gasteiger partial charge on any atom is 0.223 e. The number of nitrogens with zero attached hydrogens (tertiary/aromatic N) is 3. The Morgan fingerprint density at radius 2 is 2.08 bits per heavy atom. The largest absolute Gasteiger partial charge is 0.354 e. The standard InChI is InChI=1S/C16H16F3N3OS/c1-21(2)16-20-6-11(24-16)8-22-7-9(3-14(22)23)12-4-10(17)5-13(18)15(12)19/h4-6,9H,3,7-8H2,1-2H3. The molecule has 128 valence electrons. The molecule has 24 heavy (non-hydrogen) atoms. The van der Waals surface area contributed by atoms with Crippen LogP contribution < -0.4 is 4.90 Å². The van der Waals surface area contributed by atoms with Gasteiger partial charge in [0.25, 0.3) is 0 Å². The third kappa shape index (κ3) is 3.24. The fourth-order valence-electron chi connectivity index (χ4n) is 2.77. The number of thiazole rings is 1. The molecule has 1 fully saturated rings. The Morgan fingerprint density at radius 3 is 2.75 bits per heavy atom. The van der Waals surface area contributed by atoms with Crippen molar-refractivity contribution in [3.63, 3.8) is 0 Å². The summed E-state index contributed by atoms with van der Waals surface area (Å²) in [6.45, 7) is 0.591. The lowest BCUT2D eigenvalue weighted by Gasteiger charge is -2.16. The average Bonchev–Trinajstić information content (AvgIpc) is 3.11. The van der Waals surface area contributed by atoms with E-state index in [4.69, 9.17) is 0 Å². The second-order valence-corrected chi connectivity index (χ2v) is 7.06. The number of hydrogen-bond donors (Lipinski definition) is 0. The van der Waals surface area contributed by atoms with Gasteiger partial charge in [0.1, 0.15) is 5.82 Å². The number of aromatic nitrogens is 1. The molecule has 1 aromatic heterocycles. The van der Waals surface area contributed by atoms with Gasteiger partial charge in [0.05, 0.1) is 6.54 Å². The Kier molecular flexibility index (Phi) is 4.49. The molecule has 3 rings (SSSR count). The van der Waals surface area contributed by atoms with Crippen LogP contribution in [0.1, 0.15) is 22.8 Å². The molecule has 1 aromatic carbocycles. The van der Waals surface area contributed by atoms with Crippen LogP contribution in [0.5, 0.6) is 0 Å². The van der Waals surface area contributed by atoms with Crippen LogP contribution in [0.4, 0.5) is 18.3 Å². The smallest absolute Gasteiger partial charge is 0.223 e. The summed E-state index contributed by atoms with van der Waals surface area (Å²) in [5.74, 6) is -3.86. The molecule has 0 radical (unpaired) electrons. The van der Waals surface area contributed by atoms with Crippen molar-refractivity contribution in [2.24, 2.45) is 0 Å². The number of carbonyl (C=O) groups excluding carboxylic acids is 1. The van der Waals surface area contributed by atoms with Gasteiger partial charge in [-0.25, -0.2) is 18.2 Å². The number of benzene rings is 1. The molecule has 1 saturated heterocycles. The zero-order chi connectivity index (χ0) is 17.4. The highest BCUT2D eigenvalue weighted by Crippen LogP contribution is 2.33. The molecule has 0 saturated carbocycles. The molecule has 0 bridgehead atoms. The van der Waals surface area contributed by atoms with Gasteiger partial charge < -0.3 is 9.80 Å². The number of amides is 1. The minimum atomic E-state index is -1.23. The van der Waals surface area contributed by atoms with E-state index in [2.05, 4.69) is 4.98 Å². The zero-order valence-corrected chi connectivity index (χ0v) is 14.0. The van der Waals surface area contributed by atoms with Crippen LogP contribution in [0.2, 0.25) is 0 Å². The predicted octanol–water partition coefficient (Wildman–Crippen LogP) is 3.14. The van der Waals surface area contributed by atoms with Crippen LogP contribution >= 0.6 is 11.3 Å². The van der Waals surface area contributed by atoms with Crippen molar-refractivity contribution < 1.29 is 18.0 Å². The van der Waals surface area contributed by atoms with Gasteiger partial charge in [-0.1, -0.05) is 0 Å². The van der Waals surface area contributed by atoms with Crippen molar-refractivity contribution in [1.29, 1.82) is 0 Å². The molecular formula is C16H16F3N3OS. The van der Waals surface area contributed by atoms with Crippen LogP contribution in [-0.4, -0.2) is 36.4 Å². The predicted molar refractivity (Wildman–Crippen MR) is 85.5 cm³/mol. The molecule has 0 N–H and O–H groups in total. The van der Waals surface area contributed by atoms with Gasteiger partial charge in [-0.05, 0) is 11.6 Å². The molecular weight excluding hydrogens is 339 g/mol. The molecule has 0 spiro atoms. The Balaban J connectivity index is 1.76. The first kappa shape index (κ1) is 16.8. The fraction of sp³-hybridized carbons (Fsp3) is 0.375. The van der Waals surface area contributed by atoms with E-state index in [0.717, 1.165) is 16.1 Å². The van der Waals surface area contributed by atoms with E-state index < -0.39 is 23.4 Å². The molecule has 2 heterocycles. The first-order valence-electron chi connectivity index (χ1n) is 7.39. The van der Waals surface area contributed by atoms with Gasteiger partial charge in [-0.3, -0.25) is 4.79 Å². The zero-order valence-electron chi connectivity index (χ0n) is 13.2. The molecule has 4 nitrogen and oxygen atoms in total. The molecule has 1 atom stereocenters. The van der Waals surface area contributed by atoms with Gasteiger partial charge in [0.2, 0.25) is 5.91 Å². The second-order valence-electron chi connectivity index (χ2n) is 5.97. The lowest BCUT2D eigenvalue weighted by molar-refractivity contribution is -0.128. The quantitative estimate of drug-likeness (QED) is 0.791. The molecule has 8 heteroatoms. The lowest BCUT2D eigenvalue weighted by Crippen LogP contribution is -2.24. The maximum atomic E-state index is 13.9. The average molecular weight is 355 g/mol. The Hall–Kier alpha value is -2.09. The number of rotatable bonds is 4. The second kappa shape index (κ2) is 6.43. The number of carbonyl (C=O) groups is 1. The first-order valence-corrected chi connectivity index (χ1v) is 8.21. The number of anilines is 1. The summed E-state index contributed by atoms with van der Waals surface area (Å²) in [7, 11) is 3.75. The van der Waals surface area contributed by atoms with E-state index in [-0.39, 0.29) is 24.4 Å². The highest BCUT2D eigenvalue weighted by atomic mass is 32.1. The maximum absolute atomic E-state index is 13.9. The summed E-state index contributed by atoms with van der Waals surface area (Å²) >= 11 is 1.46. The summed E-state index contributed by atoms with van der Waals surface area (Å²) in [6, 6.07) is 1.48. The van der Waals surface area contributed by atoms with Crippen molar-refractivity contribution >= 4 is 22.4 Å². The topological polar surface area (TPSA) is 36.4 Å². The lowest BCUT2D eigenvalue weighted by atomic mass is 9.97. The van der Waals surface area contributed by atoms with Crippen LogP contribution in [-0.2, 0) is 11.3 Å². The van der Waals surface area contributed by atoms with Crippen molar-refractivity contribution in [2.45, 2.75) is 18.9 Å². The van der Waals surface area contributed by atoms with E-state index in [1.165, 1.54) is 11.3 Å². The van der Waals surface area contributed by atoms with Gasteiger partial charge in [0, 0.05) is 50.1 Å².